The van der Waals surface area contributed by atoms with Crippen LogP contribution in [0.25, 0.3) is 0 Å². The molecule has 3 nitrogen and oxygen atoms in total. The van der Waals surface area contributed by atoms with Crippen molar-refractivity contribution in [3.63, 3.8) is 0 Å². The Balaban J connectivity index is 2.39. The molecular weight excluding hydrogens is 178 g/mol. The molecule has 3 unspecified atom stereocenters. The summed E-state index contributed by atoms with van der Waals surface area (Å²) in [7, 11) is 0. The van der Waals surface area contributed by atoms with E-state index in [1.807, 2.05) is 13.8 Å². The van der Waals surface area contributed by atoms with Gasteiger partial charge in [0.05, 0.1) is 12.1 Å². The van der Waals surface area contributed by atoms with E-state index in [1.54, 1.807) is 0 Å². The van der Waals surface area contributed by atoms with Gasteiger partial charge in [0.25, 0.3) is 0 Å². The Labute approximate surface area is 85.2 Å². The number of ether oxygens (including phenoxy) is 1. The largest absolute Gasteiger partial charge is 0.365 e. The lowest BCUT2D eigenvalue weighted by Gasteiger charge is -2.15. The van der Waals surface area contributed by atoms with Gasteiger partial charge in [0.2, 0.25) is 5.91 Å². The second-order valence-electron chi connectivity index (χ2n) is 3.65. The Hall–Kier alpha value is -1.01. The Kier molecular flexibility index (Phi) is 3.97. The zero-order chi connectivity index (χ0) is 10.6. The first kappa shape index (κ1) is 11.1. The van der Waals surface area contributed by atoms with Crippen LogP contribution in [0.2, 0.25) is 0 Å². The van der Waals surface area contributed by atoms with E-state index in [0.29, 0.717) is 0 Å². The summed E-state index contributed by atoms with van der Waals surface area (Å²) in [6.45, 7) is 3.93. The molecule has 0 aliphatic carbocycles. The number of carbonyl (C=O) groups excluding carboxylic acids is 1. The Morgan fingerprint density at radius 2 is 2.43 bits per heavy atom. The number of rotatable bonds is 3. The van der Waals surface area contributed by atoms with Gasteiger partial charge in [-0.15, -0.1) is 6.42 Å². The molecule has 1 fully saturated rings. The van der Waals surface area contributed by atoms with Crippen molar-refractivity contribution in [1.29, 1.82) is 0 Å². The monoisotopic (exact) mass is 195 g/mol. The molecule has 1 aliphatic heterocycles. The molecule has 1 amide bonds. The third-order valence-electron chi connectivity index (χ3n) is 2.45. The van der Waals surface area contributed by atoms with E-state index in [-0.39, 0.29) is 24.2 Å². The Morgan fingerprint density at radius 1 is 1.71 bits per heavy atom. The van der Waals surface area contributed by atoms with E-state index >= 15 is 0 Å². The Bertz CT molecular complexity index is 244. The molecule has 0 aromatic carbocycles. The smallest absolute Gasteiger partial charge is 0.250 e. The van der Waals surface area contributed by atoms with Crippen LogP contribution in [0.1, 0.15) is 33.1 Å². The third kappa shape index (κ3) is 2.74. The van der Waals surface area contributed by atoms with Crippen LogP contribution in [0.3, 0.4) is 0 Å². The second-order valence-corrected chi connectivity index (χ2v) is 3.65. The van der Waals surface area contributed by atoms with Crippen LogP contribution in [-0.2, 0) is 9.53 Å². The lowest BCUT2D eigenvalue weighted by molar-refractivity contribution is -0.132. The summed E-state index contributed by atoms with van der Waals surface area (Å²) in [6, 6.07) is -0.165. The summed E-state index contributed by atoms with van der Waals surface area (Å²) < 4.78 is 5.43. The molecule has 1 aliphatic rings. The van der Waals surface area contributed by atoms with Gasteiger partial charge in [-0.05, 0) is 26.2 Å². The van der Waals surface area contributed by atoms with Gasteiger partial charge in [-0.1, -0.05) is 12.8 Å². The molecule has 0 aromatic heterocycles. The van der Waals surface area contributed by atoms with Gasteiger partial charge in [0.1, 0.15) is 6.10 Å². The van der Waals surface area contributed by atoms with Gasteiger partial charge >= 0.3 is 0 Å². The van der Waals surface area contributed by atoms with Crippen molar-refractivity contribution >= 4 is 5.91 Å². The van der Waals surface area contributed by atoms with Gasteiger partial charge in [0, 0.05) is 0 Å². The fraction of sp³-hybridized carbons (Fsp3) is 0.727. The molecule has 0 saturated carbocycles. The summed E-state index contributed by atoms with van der Waals surface area (Å²) in [5.41, 5.74) is 0. The number of terminal acetylenes is 1. The molecule has 1 rings (SSSR count). The molecule has 0 bridgehead atoms. The van der Waals surface area contributed by atoms with Crippen LogP contribution in [0.4, 0.5) is 0 Å². The number of nitrogens with one attached hydrogen (secondary N) is 1. The summed E-state index contributed by atoms with van der Waals surface area (Å²) >= 11 is 0. The first-order chi connectivity index (χ1) is 6.67. The highest BCUT2D eigenvalue weighted by Crippen LogP contribution is 2.19. The zero-order valence-corrected chi connectivity index (χ0v) is 8.75. The maximum absolute atomic E-state index is 11.6. The van der Waals surface area contributed by atoms with Crippen LogP contribution in [0.15, 0.2) is 0 Å². The highest BCUT2D eigenvalue weighted by Gasteiger charge is 2.28. The molecule has 0 radical (unpaired) electrons. The van der Waals surface area contributed by atoms with Crippen molar-refractivity contribution in [2.75, 3.05) is 0 Å². The van der Waals surface area contributed by atoms with Crippen molar-refractivity contribution in [2.24, 2.45) is 0 Å². The van der Waals surface area contributed by atoms with E-state index in [1.165, 1.54) is 0 Å². The zero-order valence-electron chi connectivity index (χ0n) is 8.75. The average Bonchev–Trinajstić information content (AvgIpc) is 2.61. The molecule has 1 heterocycles. The minimum atomic E-state index is -0.299. The highest BCUT2D eigenvalue weighted by atomic mass is 16.5. The fourth-order valence-electron chi connectivity index (χ4n) is 1.52. The number of amides is 1. The number of carbonyl (C=O) groups is 1. The SMILES string of the molecule is C#CC(CC)NC(=O)C1CCC(C)O1. The normalized spacial score (nSPS) is 28.1. The van der Waals surface area contributed by atoms with Crippen molar-refractivity contribution in [1.82, 2.24) is 5.32 Å². The minimum Gasteiger partial charge on any atom is -0.365 e. The maximum Gasteiger partial charge on any atom is 0.250 e. The first-order valence-corrected chi connectivity index (χ1v) is 5.09. The minimum absolute atomic E-state index is 0.0702. The third-order valence-corrected chi connectivity index (χ3v) is 2.45. The molecule has 0 spiro atoms. The lowest BCUT2D eigenvalue weighted by atomic mass is 10.2. The van der Waals surface area contributed by atoms with Gasteiger partial charge in [-0.3, -0.25) is 4.79 Å². The predicted molar refractivity (Wildman–Crippen MR) is 54.6 cm³/mol. The molecule has 3 atom stereocenters. The number of hydrogen-bond acceptors (Lipinski definition) is 2. The first-order valence-electron chi connectivity index (χ1n) is 5.09. The van der Waals surface area contributed by atoms with Gasteiger partial charge in [-0.25, -0.2) is 0 Å². The second kappa shape index (κ2) is 5.02. The van der Waals surface area contributed by atoms with E-state index in [4.69, 9.17) is 11.2 Å². The quantitative estimate of drug-likeness (QED) is 0.684. The van der Waals surface area contributed by atoms with Crippen LogP contribution in [-0.4, -0.2) is 24.2 Å². The molecular formula is C11H17NO2. The predicted octanol–water partition coefficient (Wildman–Crippen LogP) is 1.08. The molecule has 14 heavy (non-hydrogen) atoms. The van der Waals surface area contributed by atoms with Gasteiger partial charge in [0.15, 0.2) is 0 Å². The van der Waals surface area contributed by atoms with Crippen LogP contribution in [0.5, 0.6) is 0 Å². The van der Waals surface area contributed by atoms with Crippen molar-refractivity contribution < 1.29 is 9.53 Å². The fourth-order valence-corrected chi connectivity index (χ4v) is 1.52. The summed E-state index contributed by atoms with van der Waals surface area (Å²) in [5.74, 6) is 2.46. The molecule has 3 heteroatoms. The molecule has 0 aromatic rings. The van der Waals surface area contributed by atoms with E-state index in [9.17, 15) is 4.79 Å². The van der Waals surface area contributed by atoms with Crippen molar-refractivity contribution in [3.05, 3.63) is 0 Å². The van der Waals surface area contributed by atoms with Crippen LogP contribution in [0, 0.1) is 12.3 Å². The van der Waals surface area contributed by atoms with E-state index < -0.39 is 0 Å². The highest BCUT2D eigenvalue weighted by molar-refractivity contribution is 5.81. The summed E-state index contributed by atoms with van der Waals surface area (Å²) in [4.78, 5) is 11.6. The number of hydrogen-bond donors (Lipinski definition) is 1. The van der Waals surface area contributed by atoms with Gasteiger partial charge < -0.3 is 10.1 Å². The molecule has 1 N–H and O–H groups in total. The van der Waals surface area contributed by atoms with Crippen LogP contribution < -0.4 is 5.32 Å². The van der Waals surface area contributed by atoms with Crippen LogP contribution >= 0.6 is 0 Å². The molecule has 78 valence electrons. The summed E-state index contributed by atoms with van der Waals surface area (Å²) in [5, 5.41) is 2.78. The Morgan fingerprint density at radius 3 is 2.86 bits per heavy atom. The summed E-state index contributed by atoms with van der Waals surface area (Å²) in [6.07, 6.45) is 7.65. The topological polar surface area (TPSA) is 38.3 Å². The van der Waals surface area contributed by atoms with Crippen molar-refractivity contribution in [3.8, 4) is 12.3 Å². The maximum atomic E-state index is 11.6. The average molecular weight is 195 g/mol. The molecule has 1 saturated heterocycles. The van der Waals surface area contributed by atoms with Crippen molar-refractivity contribution in [2.45, 2.75) is 51.4 Å². The van der Waals surface area contributed by atoms with Gasteiger partial charge in [-0.2, -0.15) is 0 Å². The van der Waals surface area contributed by atoms with E-state index in [0.717, 1.165) is 19.3 Å². The standard InChI is InChI=1S/C11H17NO2/c1-4-9(5-2)12-11(13)10-7-6-8(3)14-10/h1,8-10H,5-7H2,2-3H3,(H,12,13). The lowest BCUT2D eigenvalue weighted by Crippen LogP contribution is -2.40. The van der Waals surface area contributed by atoms with E-state index in [2.05, 4.69) is 11.2 Å².